The number of aromatic nitrogens is 1. The summed E-state index contributed by atoms with van der Waals surface area (Å²) >= 11 is 1.66. The molecule has 15 heteroatoms. The molecule has 0 aliphatic carbocycles. The summed E-state index contributed by atoms with van der Waals surface area (Å²) in [5.41, 5.74) is -0.467. The number of aliphatic imine (C=N–C) groups is 1. The second-order valence-electron chi connectivity index (χ2n) is 17.7. The topological polar surface area (TPSA) is 153 Å². The van der Waals surface area contributed by atoms with E-state index in [1.165, 1.54) is 0 Å². The third-order valence-electron chi connectivity index (χ3n) is 13.2. The molecule has 6 rings (SSSR count). The van der Waals surface area contributed by atoms with Crippen molar-refractivity contribution in [2.45, 2.75) is 141 Å². The molecular formula is C44H65N5O9S. The molecule has 1 N–H and O–H groups in total. The van der Waals surface area contributed by atoms with Gasteiger partial charge in [-0.25, -0.2) is 14.8 Å². The van der Waals surface area contributed by atoms with Gasteiger partial charge in [0.1, 0.15) is 35.8 Å². The molecule has 13 atom stereocenters. The first-order valence-corrected chi connectivity index (χ1v) is 22.0. The molecule has 2 aromatic rings. The lowest BCUT2D eigenvalue weighted by Crippen LogP contribution is -2.61. The Kier molecular flexibility index (Phi) is 14.1. The van der Waals surface area contributed by atoms with Gasteiger partial charge in [0.05, 0.1) is 17.8 Å². The lowest BCUT2D eigenvalue weighted by atomic mass is 9.73. The number of aryl methyl sites for hydroxylation is 1. The zero-order chi connectivity index (χ0) is 43.0. The van der Waals surface area contributed by atoms with Crippen LogP contribution in [0.15, 0.2) is 41.5 Å². The highest BCUT2D eigenvalue weighted by molar-refractivity contribution is 7.15. The van der Waals surface area contributed by atoms with Gasteiger partial charge >= 0.3 is 12.1 Å². The number of ether oxygens (including phenoxy) is 5. The highest BCUT2D eigenvalue weighted by Crippen LogP contribution is 2.45. The number of methoxy groups -OCH3 is 1. The molecule has 14 nitrogen and oxygen atoms in total. The Morgan fingerprint density at radius 3 is 2.42 bits per heavy atom. The number of likely N-dealkylation sites (N-methyl/N-ethyl adjacent to an activating group) is 1. The second kappa shape index (κ2) is 18.3. The molecule has 4 aliphatic rings. The van der Waals surface area contributed by atoms with Crippen LogP contribution < -0.4 is 0 Å². The van der Waals surface area contributed by atoms with Gasteiger partial charge in [-0.15, -0.1) is 11.3 Å². The number of Topliss-reactive ketones (excluding diaryl/α,β-unsaturated/α-hetero) is 1. The van der Waals surface area contributed by atoms with E-state index in [-0.39, 0.29) is 30.7 Å². The quantitative estimate of drug-likeness (QED) is 0.221. The molecule has 3 fully saturated rings. The lowest BCUT2D eigenvalue weighted by molar-refractivity contribution is -0.295. The van der Waals surface area contributed by atoms with E-state index < -0.39 is 71.5 Å². The number of fused-ring (bicyclic) bond motifs is 1. The van der Waals surface area contributed by atoms with Crippen LogP contribution in [0, 0.1) is 23.7 Å². The second-order valence-corrected chi connectivity index (χ2v) is 18.8. The standard InChI is InChI=1S/C44H65N5O9S/c1-12-33-44(8)37-27(4)34(46-24-48(49(37)42(53)58-44)20-16-19-31-23-45-39(59-31)30-17-14-13-15-18-30)25(2)22-43(7,54-11)38(28(5)35(50)29(6)40(52)56-33)57-41-36(51)32(47(9)10)21-26(3)55-41/h13-15,17-18,23,25-29,32-33,36-38,41,51H,12,16,19-22,24H2,1-11H3/t25-,26-,27-,28+,29?,32+,33+,36-,37-,38-,41+,43+,44-/m1/s1. The van der Waals surface area contributed by atoms with Gasteiger partial charge in [-0.05, 0) is 79.8 Å². The summed E-state index contributed by atoms with van der Waals surface area (Å²) in [5.74, 6) is -3.73. The number of aliphatic hydroxyl groups is 1. The summed E-state index contributed by atoms with van der Waals surface area (Å²) in [4.78, 5) is 55.7. The summed E-state index contributed by atoms with van der Waals surface area (Å²) < 4.78 is 31.9. The number of amides is 1. The Hall–Kier alpha value is -3.31. The third-order valence-corrected chi connectivity index (χ3v) is 14.3. The van der Waals surface area contributed by atoms with Crippen LogP contribution in [-0.2, 0) is 39.7 Å². The molecule has 59 heavy (non-hydrogen) atoms. The predicted molar refractivity (Wildman–Crippen MR) is 225 cm³/mol. The van der Waals surface area contributed by atoms with Crippen molar-refractivity contribution in [1.82, 2.24) is 19.9 Å². The number of benzene rings is 1. The largest absolute Gasteiger partial charge is 0.458 e. The van der Waals surface area contributed by atoms with Crippen LogP contribution >= 0.6 is 11.3 Å². The Labute approximate surface area is 353 Å². The molecule has 1 aromatic carbocycles. The number of hydrazine groups is 1. The molecule has 0 spiro atoms. The van der Waals surface area contributed by atoms with E-state index in [2.05, 4.69) is 31.0 Å². The minimum atomic E-state index is -1.27. The van der Waals surface area contributed by atoms with Gasteiger partial charge in [-0.1, -0.05) is 58.0 Å². The molecule has 4 aliphatic heterocycles. The van der Waals surface area contributed by atoms with Crippen molar-refractivity contribution < 1.29 is 43.2 Å². The van der Waals surface area contributed by atoms with E-state index in [4.69, 9.17) is 28.7 Å². The Morgan fingerprint density at radius 1 is 1.05 bits per heavy atom. The molecule has 0 saturated carbocycles. The molecular weight excluding hydrogens is 775 g/mol. The lowest BCUT2D eigenvalue weighted by Gasteiger charge is -2.47. The molecule has 0 radical (unpaired) electrons. The van der Waals surface area contributed by atoms with Crippen LogP contribution in [0.2, 0.25) is 0 Å². The molecule has 3 saturated heterocycles. The number of aliphatic hydroxyl groups excluding tert-OH is 1. The van der Waals surface area contributed by atoms with Crippen molar-refractivity contribution in [2.75, 3.05) is 34.4 Å². The fourth-order valence-electron chi connectivity index (χ4n) is 9.93. The zero-order valence-corrected chi connectivity index (χ0v) is 37.4. The van der Waals surface area contributed by atoms with Gasteiger partial charge in [0.15, 0.2) is 17.7 Å². The van der Waals surface area contributed by atoms with Gasteiger partial charge in [0.2, 0.25) is 0 Å². The summed E-state index contributed by atoms with van der Waals surface area (Å²) in [6, 6.07) is 9.27. The Bertz CT molecular complexity index is 1830. The fourth-order valence-corrected chi connectivity index (χ4v) is 10.9. The van der Waals surface area contributed by atoms with E-state index >= 15 is 0 Å². The number of esters is 1. The number of carbonyl (C=O) groups excluding carboxylic acids is 3. The highest BCUT2D eigenvalue weighted by atomic mass is 32.1. The van der Waals surface area contributed by atoms with Gasteiger partial charge in [0.25, 0.3) is 0 Å². The molecule has 326 valence electrons. The molecule has 5 heterocycles. The Balaban J connectivity index is 1.35. The van der Waals surface area contributed by atoms with E-state index in [0.29, 0.717) is 25.8 Å². The predicted octanol–water partition coefficient (Wildman–Crippen LogP) is 6.01. The molecule has 1 aromatic heterocycles. The number of rotatable bonds is 10. The Morgan fingerprint density at radius 2 is 1.76 bits per heavy atom. The van der Waals surface area contributed by atoms with E-state index in [0.717, 1.165) is 34.0 Å². The summed E-state index contributed by atoms with van der Waals surface area (Å²) in [5, 5.41) is 16.2. The maximum Gasteiger partial charge on any atom is 0.425 e. The summed E-state index contributed by atoms with van der Waals surface area (Å²) in [6.07, 6.45) is 0.101. The number of carbonyl (C=O) groups is 3. The van der Waals surface area contributed by atoms with Crippen molar-refractivity contribution >= 4 is 34.9 Å². The van der Waals surface area contributed by atoms with Crippen LogP contribution in [0.3, 0.4) is 0 Å². The van der Waals surface area contributed by atoms with Crippen LogP contribution in [0.25, 0.3) is 10.6 Å². The zero-order valence-electron chi connectivity index (χ0n) is 36.6. The summed E-state index contributed by atoms with van der Waals surface area (Å²) in [6.45, 7) is 15.7. The number of hydrogen-bond donors (Lipinski definition) is 1. The molecule has 1 amide bonds. The van der Waals surface area contributed by atoms with Crippen molar-refractivity contribution in [2.24, 2.45) is 28.7 Å². The number of ketones is 1. The van der Waals surface area contributed by atoms with E-state index in [1.54, 1.807) is 37.3 Å². The van der Waals surface area contributed by atoms with Crippen molar-refractivity contribution in [3.05, 3.63) is 41.4 Å². The smallest absolute Gasteiger partial charge is 0.425 e. The van der Waals surface area contributed by atoms with Crippen LogP contribution in [0.4, 0.5) is 4.79 Å². The monoisotopic (exact) mass is 839 g/mol. The SMILES string of the molecule is CC[C@@H]1OC(=O)C(C)C(=O)[C@H](C)[C@@H](O[C@@H]2O[C@H](C)C[C@H](N(C)C)[C@H]2O)[C@@](C)(OC)C[C@@H](C)C2=NCN(CCCc3cnc(-c4ccccc4)s3)N3C(=O)O[C@@]1(C)[C@H]3[C@@H]2C. The highest BCUT2D eigenvalue weighted by Gasteiger charge is 2.62. The average Bonchev–Trinajstić information content (AvgIpc) is 3.75. The number of thiazole rings is 1. The van der Waals surface area contributed by atoms with E-state index in [1.807, 2.05) is 76.1 Å². The van der Waals surface area contributed by atoms with Crippen LogP contribution in [0.5, 0.6) is 0 Å². The summed E-state index contributed by atoms with van der Waals surface area (Å²) in [7, 11) is 5.40. The maximum atomic E-state index is 14.4. The normalized spacial score (nSPS) is 37.4. The maximum absolute atomic E-state index is 14.4. The first kappa shape index (κ1) is 45.2. The average molecular weight is 840 g/mol. The van der Waals surface area contributed by atoms with Gasteiger partial charge in [-0.2, -0.15) is 5.01 Å². The van der Waals surface area contributed by atoms with Gasteiger partial charge < -0.3 is 33.7 Å². The minimum absolute atomic E-state index is 0.210. The number of nitrogens with zero attached hydrogens (tertiary/aromatic N) is 5. The van der Waals surface area contributed by atoms with Gasteiger partial charge in [0, 0.05) is 53.9 Å². The van der Waals surface area contributed by atoms with Crippen LogP contribution in [0.1, 0.15) is 86.0 Å². The molecule has 2 bridgehead atoms. The minimum Gasteiger partial charge on any atom is -0.458 e. The van der Waals surface area contributed by atoms with E-state index in [9.17, 15) is 19.5 Å². The van der Waals surface area contributed by atoms with Crippen molar-refractivity contribution in [3.8, 4) is 10.6 Å². The third kappa shape index (κ3) is 9.03. The van der Waals surface area contributed by atoms with Gasteiger partial charge in [-0.3, -0.25) is 14.6 Å². The fraction of sp³-hybridized carbons (Fsp3) is 0.705. The number of cyclic esters (lactones) is 1. The van der Waals surface area contributed by atoms with Crippen molar-refractivity contribution in [1.29, 1.82) is 0 Å². The van der Waals surface area contributed by atoms with Crippen LogP contribution in [-0.4, -0.2) is 137 Å². The van der Waals surface area contributed by atoms with Crippen molar-refractivity contribution in [3.63, 3.8) is 0 Å². The molecule has 1 unspecified atom stereocenters. The number of hydrogen-bond acceptors (Lipinski definition) is 14. The first-order chi connectivity index (χ1) is 27.9. The first-order valence-electron chi connectivity index (χ1n) is 21.2.